The van der Waals surface area contributed by atoms with Crippen molar-refractivity contribution in [3.63, 3.8) is 0 Å². The van der Waals surface area contributed by atoms with Crippen LogP contribution in [-0.2, 0) is 9.47 Å². The van der Waals surface area contributed by atoms with Gasteiger partial charge in [0.05, 0.1) is 18.8 Å². The highest BCUT2D eigenvalue weighted by Gasteiger charge is 2.23. The molecule has 0 aromatic rings. The molecule has 0 radical (unpaired) electrons. The summed E-state index contributed by atoms with van der Waals surface area (Å²) in [6.45, 7) is 6.14. The summed E-state index contributed by atoms with van der Waals surface area (Å²) in [5.74, 6) is 0.690. The zero-order valence-electron chi connectivity index (χ0n) is 9.71. The molecule has 2 aliphatic heterocycles. The highest BCUT2D eigenvalue weighted by atomic mass is 16.5. The summed E-state index contributed by atoms with van der Waals surface area (Å²) in [5.41, 5.74) is 0. The summed E-state index contributed by atoms with van der Waals surface area (Å²) < 4.78 is 11.6. The van der Waals surface area contributed by atoms with Crippen LogP contribution in [0.4, 0.5) is 0 Å². The van der Waals surface area contributed by atoms with Gasteiger partial charge in [0.25, 0.3) is 0 Å². The van der Waals surface area contributed by atoms with Gasteiger partial charge >= 0.3 is 0 Å². The van der Waals surface area contributed by atoms with E-state index in [2.05, 4.69) is 12.2 Å². The smallest absolute Gasteiger partial charge is 0.0808 e. The van der Waals surface area contributed by atoms with Crippen LogP contribution in [0.3, 0.4) is 0 Å². The van der Waals surface area contributed by atoms with Gasteiger partial charge in [0.15, 0.2) is 0 Å². The van der Waals surface area contributed by atoms with Crippen molar-refractivity contribution in [1.82, 2.24) is 5.32 Å². The maximum absolute atomic E-state index is 5.95. The van der Waals surface area contributed by atoms with Gasteiger partial charge in [-0.1, -0.05) is 6.92 Å². The molecule has 2 fully saturated rings. The Bertz CT molecular complexity index is 180. The topological polar surface area (TPSA) is 30.5 Å². The molecule has 0 aliphatic carbocycles. The summed E-state index contributed by atoms with van der Waals surface area (Å²) in [7, 11) is 0. The van der Waals surface area contributed by atoms with Gasteiger partial charge in [-0.25, -0.2) is 0 Å². The standard InChI is InChI=1S/C12H23NO2/c1-10-5-6-13-8-12(10)15-9-11-4-2-3-7-14-11/h10-13H,2-9H2,1H3. The molecule has 3 nitrogen and oxygen atoms in total. The van der Waals surface area contributed by atoms with Crippen LogP contribution in [-0.4, -0.2) is 38.5 Å². The molecular weight excluding hydrogens is 190 g/mol. The normalized spacial score (nSPS) is 37.8. The molecule has 2 aliphatic rings. The average molecular weight is 213 g/mol. The highest BCUT2D eigenvalue weighted by Crippen LogP contribution is 2.18. The minimum Gasteiger partial charge on any atom is -0.376 e. The Morgan fingerprint density at radius 1 is 1.33 bits per heavy atom. The van der Waals surface area contributed by atoms with Crippen LogP contribution in [0.5, 0.6) is 0 Å². The first-order valence-corrected chi connectivity index (χ1v) is 6.30. The van der Waals surface area contributed by atoms with Crippen LogP contribution >= 0.6 is 0 Å². The number of rotatable bonds is 3. The summed E-state index contributed by atoms with van der Waals surface area (Å²) >= 11 is 0. The Morgan fingerprint density at radius 2 is 2.27 bits per heavy atom. The van der Waals surface area contributed by atoms with Crippen LogP contribution < -0.4 is 5.32 Å². The fourth-order valence-corrected chi connectivity index (χ4v) is 2.35. The van der Waals surface area contributed by atoms with Crippen LogP contribution in [0.2, 0.25) is 0 Å². The third-order valence-corrected chi connectivity index (χ3v) is 3.53. The third-order valence-electron chi connectivity index (χ3n) is 3.53. The van der Waals surface area contributed by atoms with Gasteiger partial charge in [-0.05, 0) is 38.1 Å². The van der Waals surface area contributed by atoms with E-state index in [9.17, 15) is 0 Å². The molecular formula is C12H23NO2. The van der Waals surface area contributed by atoms with E-state index >= 15 is 0 Å². The van der Waals surface area contributed by atoms with Crippen molar-refractivity contribution in [2.75, 3.05) is 26.3 Å². The second-order valence-corrected chi connectivity index (χ2v) is 4.83. The third kappa shape index (κ3) is 3.44. The monoisotopic (exact) mass is 213 g/mol. The van der Waals surface area contributed by atoms with Crippen molar-refractivity contribution in [2.24, 2.45) is 5.92 Å². The number of hydrogen-bond donors (Lipinski definition) is 1. The molecule has 2 saturated heterocycles. The summed E-state index contributed by atoms with van der Waals surface area (Å²) in [6, 6.07) is 0. The van der Waals surface area contributed by atoms with E-state index in [0.29, 0.717) is 18.1 Å². The number of ether oxygens (including phenoxy) is 2. The lowest BCUT2D eigenvalue weighted by Crippen LogP contribution is -2.42. The fourth-order valence-electron chi connectivity index (χ4n) is 2.35. The van der Waals surface area contributed by atoms with Crippen LogP contribution in [0, 0.1) is 5.92 Å². The zero-order chi connectivity index (χ0) is 10.5. The van der Waals surface area contributed by atoms with Crippen LogP contribution in [0.1, 0.15) is 32.6 Å². The second-order valence-electron chi connectivity index (χ2n) is 4.83. The molecule has 0 amide bonds. The van der Waals surface area contributed by atoms with Gasteiger partial charge < -0.3 is 14.8 Å². The summed E-state index contributed by atoms with van der Waals surface area (Å²) in [6.07, 6.45) is 5.67. The van der Waals surface area contributed by atoms with E-state index in [1.165, 1.54) is 25.7 Å². The van der Waals surface area contributed by atoms with E-state index in [1.54, 1.807) is 0 Å². The van der Waals surface area contributed by atoms with Gasteiger partial charge in [-0.3, -0.25) is 0 Å². The van der Waals surface area contributed by atoms with Crippen molar-refractivity contribution in [2.45, 2.75) is 44.8 Å². The molecule has 3 unspecified atom stereocenters. The molecule has 0 saturated carbocycles. The minimum absolute atomic E-state index is 0.355. The SMILES string of the molecule is CC1CCNCC1OCC1CCCCO1. The molecule has 3 atom stereocenters. The fraction of sp³-hybridized carbons (Fsp3) is 1.00. The van der Waals surface area contributed by atoms with E-state index in [0.717, 1.165) is 26.3 Å². The van der Waals surface area contributed by atoms with Crippen molar-refractivity contribution in [1.29, 1.82) is 0 Å². The molecule has 3 heteroatoms. The predicted molar refractivity (Wildman–Crippen MR) is 60.0 cm³/mol. The first-order chi connectivity index (χ1) is 7.36. The minimum atomic E-state index is 0.355. The molecule has 0 bridgehead atoms. The Balaban J connectivity index is 1.67. The Morgan fingerprint density at radius 3 is 3.00 bits per heavy atom. The van der Waals surface area contributed by atoms with E-state index in [-0.39, 0.29) is 0 Å². The second kappa shape index (κ2) is 5.83. The van der Waals surface area contributed by atoms with Crippen LogP contribution in [0.15, 0.2) is 0 Å². The van der Waals surface area contributed by atoms with Crippen LogP contribution in [0.25, 0.3) is 0 Å². The predicted octanol–water partition coefficient (Wildman–Crippen LogP) is 1.57. The molecule has 15 heavy (non-hydrogen) atoms. The number of nitrogens with one attached hydrogen (secondary N) is 1. The van der Waals surface area contributed by atoms with E-state index in [4.69, 9.17) is 9.47 Å². The van der Waals surface area contributed by atoms with Crippen molar-refractivity contribution in [3.8, 4) is 0 Å². The summed E-state index contributed by atoms with van der Waals surface area (Å²) in [5, 5.41) is 3.39. The molecule has 1 N–H and O–H groups in total. The highest BCUT2D eigenvalue weighted by molar-refractivity contribution is 4.76. The Labute approximate surface area is 92.5 Å². The largest absolute Gasteiger partial charge is 0.376 e. The van der Waals surface area contributed by atoms with Gasteiger partial charge in [-0.2, -0.15) is 0 Å². The first kappa shape index (κ1) is 11.4. The maximum Gasteiger partial charge on any atom is 0.0808 e. The lowest BCUT2D eigenvalue weighted by atomic mass is 9.97. The van der Waals surface area contributed by atoms with Gasteiger partial charge in [0.2, 0.25) is 0 Å². The number of piperidine rings is 1. The molecule has 0 aromatic carbocycles. The molecule has 2 rings (SSSR count). The Hall–Kier alpha value is -0.120. The van der Waals surface area contributed by atoms with Crippen molar-refractivity contribution in [3.05, 3.63) is 0 Å². The molecule has 0 aromatic heterocycles. The molecule has 0 spiro atoms. The quantitative estimate of drug-likeness (QED) is 0.772. The summed E-state index contributed by atoms with van der Waals surface area (Å²) in [4.78, 5) is 0. The maximum atomic E-state index is 5.95. The Kier molecular flexibility index (Phi) is 4.42. The van der Waals surface area contributed by atoms with Gasteiger partial charge in [0, 0.05) is 13.2 Å². The van der Waals surface area contributed by atoms with E-state index < -0.39 is 0 Å². The van der Waals surface area contributed by atoms with Gasteiger partial charge in [0.1, 0.15) is 0 Å². The van der Waals surface area contributed by atoms with Crippen molar-refractivity contribution >= 4 is 0 Å². The van der Waals surface area contributed by atoms with E-state index in [1.807, 2.05) is 0 Å². The van der Waals surface area contributed by atoms with Gasteiger partial charge in [-0.15, -0.1) is 0 Å². The molecule has 88 valence electrons. The average Bonchev–Trinajstić information content (AvgIpc) is 2.29. The lowest BCUT2D eigenvalue weighted by Gasteiger charge is -2.31. The van der Waals surface area contributed by atoms with Crippen molar-refractivity contribution < 1.29 is 9.47 Å². The number of hydrogen-bond acceptors (Lipinski definition) is 3. The lowest BCUT2D eigenvalue weighted by molar-refractivity contribution is -0.0784. The molecule has 2 heterocycles. The first-order valence-electron chi connectivity index (χ1n) is 6.30. The zero-order valence-corrected chi connectivity index (χ0v) is 9.71.